The first kappa shape index (κ1) is 10.2. The van der Waals surface area contributed by atoms with E-state index in [4.69, 9.17) is 10.0 Å². The Labute approximate surface area is 67.8 Å². The van der Waals surface area contributed by atoms with Crippen LogP contribution in [0.5, 0.6) is 0 Å². The van der Waals surface area contributed by atoms with Gasteiger partial charge in [-0.25, -0.2) is 0 Å². The minimum absolute atomic E-state index is 0. The zero-order chi connectivity index (χ0) is 8.53. The normalized spacial score (nSPS) is 7.91. The molecule has 0 aliphatic heterocycles. The van der Waals surface area contributed by atoms with Crippen molar-refractivity contribution in [1.82, 2.24) is 0 Å². The highest BCUT2D eigenvalue weighted by Crippen LogP contribution is 1.96. The van der Waals surface area contributed by atoms with Gasteiger partial charge in [0.2, 0.25) is 0 Å². The molecule has 0 aliphatic rings. The molecule has 1 rings (SSSR count). The summed E-state index contributed by atoms with van der Waals surface area (Å²) in [4.78, 5) is 0. The fourth-order valence-corrected chi connectivity index (χ4v) is 0.714. The highest BCUT2D eigenvalue weighted by atomic mass is 16.4. The number of benzene rings is 1. The maximum absolute atomic E-state index is 7.00. The fraction of sp³-hybridized carbons (Fsp3) is 0.250. The second-order valence-corrected chi connectivity index (χ2v) is 1.95. The Bertz CT molecular complexity index is 165. The van der Waals surface area contributed by atoms with Gasteiger partial charge in [0.25, 0.3) is 0 Å². The Balaban J connectivity index is 0.000000292. The van der Waals surface area contributed by atoms with Crippen LogP contribution in [-0.2, 0) is 6.42 Å². The first-order chi connectivity index (χ1) is 5.35. The van der Waals surface area contributed by atoms with Crippen molar-refractivity contribution in [2.75, 3.05) is 0 Å². The molecular weight excluding hydrogens is 139 g/mol. The quantitative estimate of drug-likeness (QED) is 0.581. The topological polar surface area (TPSA) is 40.5 Å². The molecule has 0 aromatic heterocycles. The highest BCUT2D eigenvalue weighted by Gasteiger charge is 1.79. The molecule has 2 nitrogen and oxygen atoms in total. The molecule has 0 aliphatic carbocycles. The number of rotatable bonds is 1. The summed E-state index contributed by atoms with van der Waals surface area (Å²) in [5.41, 5.74) is 1.41. The van der Waals surface area contributed by atoms with Crippen molar-refractivity contribution in [2.24, 2.45) is 0 Å². The van der Waals surface area contributed by atoms with Crippen LogP contribution in [0.25, 0.3) is 0 Å². The molecule has 1 aromatic rings. The van der Waals surface area contributed by atoms with Gasteiger partial charge >= 0.3 is 7.69 Å². The fourth-order valence-electron chi connectivity index (χ4n) is 0.714. The summed E-state index contributed by atoms with van der Waals surface area (Å²) in [5, 5.41) is 14.0. The molecule has 0 spiro atoms. The van der Waals surface area contributed by atoms with E-state index < -0.39 is 0 Å². The Kier molecular flexibility index (Phi) is 6.78. The lowest BCUT2D eigenvalue weighted by Crippen LogP contribution is -1.75. The summed E-state index contributed by atoms with van der Waals surface area (Å²) in [6.07, 6.45) is 1.14. The van der Waals surface area contributed by atoms with Crippen LogP contribution in [0.2, 0.25) is 0 Å². The van der Waals surface area contributed by atoms with Gasteiger partial charge in [0.15, 0.2) is 0 Å². The van der Waals surface area contributed by atoms with Gasteiger partial charge < -0.3 is 10.0 Å². The molecule has 0 saturated carbocycles. The molecule has 0 unspecified atom stereocenters. The molecule has 0 heterocycles. The van der Waals surface area contributed by atoms with E-state index in [2.05, 4.69) is 31.2 Å². The molecular formula is C8H12BO2. The second-order valence-electron chi connectivity index (χ2n) is 1.95. The van der Waals surface area contributed by atoms with E-state index in [1.54, 1.807) is 0 Å². The average molecular weight is 151 g/mol. The lowest BCUT2D eigenvalue weighted by Gasteiger charge is -1.89. The number of hydrogen-bond acceptors (Lipinski definition) is 2. The maximum Gasteiger partial charge on any atom is 0.482 e. The SMILES string of the molecule is CCc1ccccc1.O[B]O. The van der Waals surface area contributed by atoms with E-state index in [-0.39, 0.29) is 7.69 Å². The molecule has 0 fully saturated rings. The first-order valence-corrected chi connectivity index (χ1v) is 3.49. The van der Waals surface area contributed by atoms with Crippen molar-refractivity contribution >= 4 is 7.69 Å². The molecule has 0 atom stereocenters. The molecule has 0 amide bonds. The summed E-state index contributed by atoms with van der Waals surface area (Å²) >= 11 is 0. The van der Waals surface area contributed by atoms with Crippen LogP contribution in [0.4, 0.5) is 0 Å². The van der Waals surface area contributed by atoms with Crippen LogP contribution in [0, 0.1) is 0 Å². The van der Waals surface area contributed by atoms with Gasteiger partial charge in [-0.15, -0.1) is 0 Å². The molecule has 3 heteroatoms. The predicted octanol–water partition coefficient (Wildman–Crippen LogP) is 0.754. The molecule has 0 saturated heterocycles. The van der Waals surface area contributed by atoms with Gasteiger partial charge in [-0.3, -0.25) is 0 Å². The molecule has 2 N–H and O–H groups in total. The van der Waals surface area contributed by atoms with E-state index >= 15 is 0 Å². The zero-order valence-electron chi connectivity index (χ0n) is 6.57. The van der Waals surface area contributed by atoms with Crippen molar-refractivity contribution in [1.29, 1.82) is 0 Å². The molecule has 0 bridgehead atoms. The largest absolute Gasteiger partial charge is 0.482 e. The van der Waals surface area contributed by atoms with Crippen LogP contribution in [0.3, 0.4) is 0 Å². The Morgan fingerprint density at radius 3 is 1.91 bits per heavy atom. The van der Waals surface area contributed by atoms with Crippen molar-refractivity contribution in [2.45, 2.75) is 13.3 Å². The van der Waals surface area contributed by atoms with E-state index in [1.165, 1.54) is 5.56 Å². The Morgan fingerprint density at radius 1 is 1.18 bits per heavy atom. The lowest BCUT2D eigenvalue weighted by molar-refractivity contribution is 0.448. The minimum Gasteiger partial charge on any atom is -0.429 e. The van der Waals surface area contributed by atoms with Crippen molar-refractivity contribution < 1.29 is 10.0 Å². The molecule has 59 valence electrons. The molecule has 1 radical (unpaired) electrons. The third-order valence-electron chi connectivity index (χ3n) is 1.25. The summed E-state index contributed by atoms with van der Waals surface area (Å²) in [6, 6.07) is 10.5. The van der Waals surface area contributed by atoms with Crippen LogP contribution in [0.15, 0.2) is 30.3 Å². The van der Waals surface area contributed by atoms with Crippen molar-refractivity contribution in [3.05, 3.63) is 35.9 Å². The van der Waals surface area contributed by atoms with E-state index in [0.29, 0.717) is 0 Å². The lowest BCUT2D eigenvalue weighted by atomic mass is 10.2. The van der Waals surface area contributed by atoms with E-state index in [1.807, 2.05) is 6.07 Å². The number of aryl methyl sites for hydroxylation is 1. The van der Waals surface area contributed by atoms with Gasteiger partial charge in [-0.1, -0.05) is 37.3 Å². The van der Waals surface area contributed by atoms with Gasteiger partial charge in [0, 0.05) is 0 Å². The van der Waals surface area contributed by atoms with Gasteiger partial charge in [0.05, 0.1) is 0 Å². The molecule has 1 aromatic carbocycles. The third-order valence-corrected chi connectivity index (χ3v) is 1.25. The summed E-state index contributed by atoms with van der Waals surface area (Å²) in [7, 11) is 0. The highest BCUT2D eigenvalue weighted by molar-refractivity contribution is 6.13. The maximum atomic E-state index is 7.00. The van der Waals surface area contributed by atoms with Crippen molar-refractivity contribution in [3.8, 4) is 0 Å². The smallest absolute Gasteiger partial charge is 0.429 e. The summed E-state index contributed by atoms with van der Waals surface area (Å²) in [6.45, 7) is 2.16. The minimum atomic E-state index is 0. The van der Waals surface area contributed by atoms with Gasteiger partial charge in [-0.05, 0) is 12.0 Å². The standard InChI is InChI=1S/C8H10.BH2O2/c1-2-8-6-4-3-5-7-8;2-1-3/h3-7H,2H2,1H3;2-3H. The van der Waals surface area contributed by atoms with E-state index in [9.17, 15) is 0 Å². The van der Waals surface area contributed by atoms with Crippen LogP contribution in [0.1, 0.15) is 12.5 Å². The van der Waals surface area contributed by atoms with E-state index in [0.717, 1.165) is 6.42 Å². The van der Waals surface area contributed by atoms with Gasteiger partial charge in [0.1, 0.15) is 0 Å². The Morgan fingerprint density at radius 2 is 1.64 bits per heavy atom. The van der Waals surface area contributed by atoms with Crippen molar-refractivity contribution in [3.63, 3.8) is 0 Å². The predicted molar refractivity (Wildman–Crippen MR) is 46.0 cm³/mol. The first-order valence-electron chi connectivity index (χ1n) is 3.49. The van der Waals surface area contributed by atoms with Crippen LogP contribution < -0.4 is 0 Å². The Hall–Kier alpha value is -0.795. The third kappa shape index (κ3) is 5.64. The number of hydrogen-bond donors (Lipinski definition) is 2. The van der Waals surface area contributed by atoms with Crippen LogP contribution in [-0.4, -0.2) is 17.7 Å². The second kappa shape index (κ2) is 7.31. The summed E-state index contributed by atoms with van der Waals surface area (Å²) in [5.74, 6) is 0. The zero-order valence-corrected chi connectivity index (χ0v) is 6.57. The van der Waals surface area contributed by atoms with Gasteiger partial charge in [-0.2, -0.15) is 0 Å². The molecule has 11 heavy (non-hydrogen) atoms. The van der Waals surface area contributed by atoms with Crippen LogP contribution >= 0.6 is 0 Å². The monoisotopic (exact) mass is 151 g/mol. The average Bonchev–Trinajstić information content (AvgIpc) is 2.08. The summed E-state index contributed by atoms with van der Waals surface area (Å²) < 4.78 is 0.